The molecule has 0 bridgehead atoms. The number of amides is 1. The summed E-state index contributed by atoms with van der Waals surface area (Å²) in [5, 5.41) is 5.66. The Labute approximate surface area is 81.3 Å². The monoisotopic (exact) mass is 194 g/mol. The third kappa shape index (κ3) is 1.61. The van der Waals surface area contributed by atoms with E-state index in [1.807, 2.05) is 0 Å². The van der Waals surface area contributed by atoms with Crippen molar-refractivity contribution < 1.29 is 9.18 Å². The Morgan fingerprint density at radius 1 is 1.29 bits per heavy atom. The molecule has 74 valence electrons. The molecule has 4 heteroatoms. The fourth-order valence-corrected chi connectivity index (χ4v) is 1.56. The summed E-state index contributed by atoms with van der Waals surface area (Å²) in [6.45, 7) is 1.27. The molecule has 0 aliphatic carbocycles. The minimum absolute atomic E-state index is 0.165. The van der Waals surface area contributed by atoms with Crippen LogP contribution in [0.15, 0.2) is 24.3 Å². The highest BCUT2D eigenvalue weighted by molar-refractivity contribution is 5.83. The van der Waals surface area contributed by atoms with E-state index in [9.17, 15) is 9.18 Å². The van der Waals surface area contributed by atoms with E-state index in [-0.39, 0.29) is 11.7 Å². The van der Waals surface area contributed by atoms with E-state index in [1.165, 1.54) is 6.07 Å². The van der Waals surface area contributed by atoms with Gasteiger partial charge in [-0.05, 0) is 6.07 Å². The zero-order valence-corrected chi connectivity index (χ0v) is 7.59. The Balaban J connectivity index is 2.29. The van der Waals surface area contributed by atoms with Gasteiger partial charge >= 0.3 is 0 Å². The molecule has 1 saturated heterocycles. The molecule has 1 heterocycles. The highest BCUT2D eigenvalue weighted by Crippen LogP contribution is 2.17. The molecule has 2 N–H and O–H groups in total. The molecule has 0 spiro atoms. The van der Waals surface area contributed by atoms with E-state index < -0.39 is 6.04 Å². The number of carbonyl (C=O) groups is 1. The fraction of sp³-hybridized carbons (Fsp3) is 0.300. The van der Waals surface area contributed by atoms with Crippen molar-refractivity contribution in [3.63, 3.8) is 0 Å². The zero-order chi connectivity index (χ0) is 9.97. The Hall–Kier alpha value is -1.42. The average molecular weight is 194 g/mol. The molecule has 1 amide bonds. The Morgan fingerprint density at radius 3 is 2.79 bits per heavy atom. The van der Waals surface area contributed by atoms with Gasteiger partial charge in [0.05, 0.1) is 0 Å². The van der Waals surface area contributed by atoms with Gasteiger partial charge in [0.2, 0.25) is 5.91 Å². The third-order valence-electron chi connectivity index (χ3n) is 2.25. The standard InChI is InChI=1S/C10H11FN2O/c11-8-4-2-1-3-7(8)9-10(14)13-6-5-12-9/h1-4,9,12H,5-6H2,(H,13,14)/t9-/m1/s1. The maximum absolute atomic E-state index is 13.3. The fourth-order valence-electron chi connectivity index (χ4n) is 1.56. The Morgan fingerprint density at radius 2 is 2.07 bits per heavy atom. The maximum Gasteiger partial charge on any atom is 0.241 e. The molecule has 1 atom stereocenters. The summed E-state index contributed by atoms with van der Waals surface area (Å²) >= 11 is 0. The van der Waals surface area contributed by atoms with Gasteiger partial charge in [0, 0.05) is 18.7 Å². The molecule has 1 aromatic rings. The number of carbonyl (C=O) groups excluding carboxylic acids is 1. The number of hydrogen-bond acceptors (Lipinski definition) is 2. The molecule has 0 saturated carbocycles. The predicted molar refractivity (Wildman–Crippen MR) is 50.2 cm³/mol. The van der Waals surface area contributed by atoms with E-state index in [4.69, 9.17) is 0 Å². The Bertz CT molecular complexity index is 354. The molecule has 1 aliphatic heterocycles. The summed E-state index contributed by atoms with van der Waals surface area (Å²) in [7, 11) is 0. The van der Waals surface area contributed by atoms with Crippen LogP contribution in [-0.4, -0.2) is 19.0 Å². The van der Waals surface area contributed by atoms with Crippen LogP contribution in [-0.2, 0) is 4.79 Å². The van der Waals surface area contributed by atoms with E-state index in [1.54, 1.807) is 18.2 Å². The molecule has 0 unspecified atom stereocenters. The lowest BCUT2D eigenvalue weighted by atomic mass is 10.0. The first-order valence-electron chi connectivity index (χ1n) is 4.54. The summed E-state index contributed by atoms with van der Waals surface area (Å²) in [6, 6.07) is 5.77. The average Bonchev–Trinajstić information content (AvgIpc) is 2.20. The van der Waals surface area contributed by atoms with Crippen LogP contribution in [0.4, 0.5) is 4.39 Å². The summed E-state index contributed by atoms with van der Waals surface area (Å²) in [4.78, 5) is 11.4. The van der Waals surface area contributed by atoms with Crippen LogP contribution in [0.1, 0.15) is 11.6 Å². The van der Waals surface area contributed by atoms with Crippen molar-refractivity contribution in [1.82, 2.24) is 10.6 Å². The topological polar surface area (TPSA) is 41.1 Å². The van der Waals surface area contributed by atoms with Gasteiger partial charge in [-0.1, -0.05) is 18.2 Å². The first-order chi connectivity index (χ1) is 6.79. The minimum Gasteiger partial charge on any atom is -0.353 e. The van der Waals surface area contributed by atoms with Crippen molar-refractivity contribution in [2.45, 2.75) is 6.04 Å². The molecule has 1 fully saturated rings. The summed E-state index contributed by atoms with van der Waals surface area (Å²) < 4.78 is 13.3. The number of halogens is 1. The molecule has 0 radical (unpaired) electrons. The Kier molecular flexibility index (Phi) is 2.45. The molecule has 2 rings (SSSR count). The second kappa shape index (κ2) is 3.75. The van der Waals surface area contributed by atoms with Crippen molar-refractivity contribution in [3.8, 4) is 0 Å². The number of rotatable bonds is 1. The lowest BCUT2D eigenvalue weighted by Crippen LogP contribution is -2.47. The highest BCUT2D eigenvalue weighted by atomic mass is 19.1. The van der Waals surface area contributed by atoms with E-state index in [2.05, 4.69) is 10.6 Å². The quantitative estimate of drug-likeness (QED) is 0.686. The molecule has 14 heavy (non-hydrogen) atoms. The predicted octanol–water partition coefficient (Wildman–Crippen LogP) is 0.586. The second-order valence-electron chi connectivity index (χ2n) is 3.20. The van der Waals surface area contributed by atoms with Gasteiger partial charge in [0.25, 0.3) is 0 Å². The summed E-state index contributed by atoms with van der Waals surface area (Å²) in [5.74, 6) is -0.511. The van der Waals surface area contributed by atoms with E-state index >= 15 is 0 Å². The van der Waals surface area contributed by atoms with Gasteiger partial charge in [-0.15, -0.1) is 0 Å². The second-order valence-corrected chi connectivity index (χ2v) is 3.20. The molecular weight excluding hydrogens is 183 g/mol. The SMILES string of the molecule is O=C1NCCN[C@@H]1c1ccccc1F. The first kappa shape index (κ1) is 9.15. The van der Waals surface area contributed by atoms with Crippen molar-refractivity contribution >= 4 is 5.91 Å². The molecular formula is C10H11FN2O. The van der Waals surface area contributed by atoms with Crippen LogP contribution in [0.25, 0.3) is 0 Å². The van der Waals surface area contributed by atoms with Gasteiger partial charge in [-0.25, -0.2) is 4.39 Å². The number of piperazine rings is 1. The largest absolute Gasteiger partial charge is 0.353 e. The minimum atomic E-state index is -0.551. The van der Waals surface area contributed by atoms with Gasteiger partial charge < -0.3 is 10.6 Å². The number of benzene rings is 1. The van der Waals surface area contributed by atoms with E-state index in [0.29, 0.717) is 18.7 Å². The van der Waals surface area contributed by atoms with Gasteiger partial charge in [-0.2, -0.15) is 0 Å². The lowest BCUT2D eigenvalue weighted by Gasteiger charge is -2.23. The highest BCUT2D eigenvalue weighted by Gasteiger charge is 2.25. The zero-order valence-electron chi connectivity index (χ0n) is 7.59. The van der Waals surface area contributed by atoms with Gasteiger partial charge in [0.1, 0.15) is 11.9 Å². The van der Waals surface area contributed by atoms with Crippen LogP contribution in [0.3, 0.4) is 0 Å². The van der Waals surface area contributed by atoms with Crippen molar-refractivity contribution in [1.29, 1.82) is 0 Å². The number of hydrogen-bond donors (Lipinski definition) is 2. The maximum atomic E-state index is 13.3. The van der Waals surface area contributed by atoms with Crippen LogP contribution >= 0.6 is 0 Å². The summed E-state index contributed by atoms with van der Waals surface area (Å²) in [6.07, 6.45) is 0. The lowest BCUT2D eigenvalue weighted by molar-refractivity contribution is -0.124. The molecule has 0 aromatic heterocycles. The van der Waals surface area contributed by atoms with Crippen LogP contribution in [0, 0.1) is 5.82 Å². The molecule has 1 aliphatic rings. The molecule has 3 nitrogen and oxygen atoms in total. The van der Waals surface area contributed by atoms with Crippen molar-refractivity contribution in [3.05, 3.63) is 35.6 Å². The van der Waals surface area contributed by atoms with Crippen LogP contribution < -0.4 is 10.6 Å². The first-order valence-corrected chi connectivity index (χ1v) is 4.54. The normalized spacial score (nSPS) is 21.8. The van der Waals surface area contributed by atoms with Gasteiger partial charge in [-0.3, -0.25) is 4.79 Å². The smallest absolute Gasteiger partial charge is 0.241 e. The number of nitrogens with one attached hydrogen (secondary N) is 2. The van der Waals surface area contributed by atoms with Crippen LogP contribution in [0.2, 0.25) is 0 Å². The van der Waals surface area contributed by atoms with Gasteiger partial charge in [0.15, 0.2) is 0 Å². The van der Waals surface area contributed by atoms with Crippen molar-refractivity contribution in [2.24, 2.45) is 0 Å². The molecule has 1 aromatic carbocycles. The summed E-state index contributed by atoms with van der Waals surface area (Å²) in [5.41, 5.74) is 0.407. The van der Waals surface area contributed by atoms with E-state index in [0.717, 1.165) is 0 Å². The third-order valence-corrected chi connectivity index (χ3v) is 2.25. The van der Waals surface area contributed by atoms with Crippen molar-refractivity contribution in [2.75, 3.05) is 13.1 Å². The van der Waals surface area contributed by atoms with Crippen LogP contribution in [0.5, 0.6) is 0 Å².